The number of hydrogen-bond acceptors (Lipinski definition) is 3. The molecule has 0 aliphatic heterocycles. The fourth-order valence-corrected chi connectivity index (χ4v) is 1.12. The van der Waals surface area contributed by atoms with Gasteiger partial charge in [0.05, 0.1) is 12.6 Å². The normalized spacial score (nSPS) is 12.7. The van der Waals surface area contributed by atoms with Crippen LogP contribution in [0.2, 0.25) is 0 Å². The molecule has 0 aliphatic rings. The van der Waals surface area contributed by atoms with E-state index in [4.69, 9.17) is 4.84 Å². The van der Waals surface area contributed by atoms with Crippen LogP contribution >= 0.6 is 0 Å². The van der Waals surface area contributed by atoms with Crippen LogP contribution < -0.4 is 5.48 Å². The lowest BCUT2D eigenvalue weighted by Crippen LogP contribution is -2.35. The third kappa shape index (κ3) is 4.23. The lowest BCUT2D eigenvalue weighted by Gasteiger charge is -2.15. The van der Waals surface area contributed by atoms with E-state index in [0.717, 1.165) is 11.8 Å². The quantitative estimate of drug-likeness (QED) is 0.572. The predicted molar refractivity (Wildman–Crippen MR) is 59.1 cm³/mol. The van der Waals surface area contributed by atoms with Crippen molar-refractivity contribution in [3.05, 3.63) is 35.9 Å². The van der Waals surface area contributed by atoms with Gasteiger partial charge in [-0.05, 0) is 11.5 Å². The third-order valence-electron chi connectivity index (χ3n) is 2.17. The van der Waals surface area contributed by atoms with Gasteiger partial charge >= 0.3 is 0 Å². The van der Waals surface area contributed by atoms with E-state index in [9.17, 15) is 4.79 Å². The molecule has 0 aliphatic carbocycles. The van der Waals surface area contributed by atoms with E-state index >= 15 is 0 Å². The highest BCUT2D eigenvalue weighted by Crippen LogP contribution is 2.02. The summed E-state index contributed by atoms with van der Waals surface area (Å²) in [6.07, 6.45) is 0.871. The van der Waals surface area contributed by atoms with E-state index < -0.39 is 0 Å². The van der Waals surface area contributed by atoms with Crippen molar-refractivity contribution in [2.45, 2.75) is 26.5 Å². The van der Waals surface area contributed by atoms with Gasteiger partial charge in [0.2, 0.25) is 0 Å². The highest BCUT2D eigenvalue weighted by Gasteiger charge is 2.10. The smallest absolute Gasteiger partial charge is 0.139 e. The fraction of sp³-hybridized carbons (Fsp3) is 0.417. The average Bonchev–Trinajstić information content (AvgIpc) is 2.25. The molecule has 1 N–H and O–H groups in total. The lowest BCUT2D eigenvalue weighted by molar-refractivity contribution is -0.115. The zero-order valence-corrected chi connectivity index (χ0v) is 9.14. The largest absolute Gasteiger partial charge is 0.302 e. The molecule has 0 saturated heterocycles. The fourth-order valence-electron chi connectivity index (χ4n) is 1.12. The van der Waals surface area contributed by atoms with Crippen LogP contribution in [0.3, 0.4) is 0 Å². The van der Waals surface area contributed by atoms with Gasteiger partial charge < -0.3 is 4.79 Å². The second-order valence-corrected chi connectivity index (χ2v) is 3.80. The van der Waals surface area contributed by atoms with Gasteiger partial charge in [-0.1, -0.05) is 44.2 Å². The molecule has 1 rings (SSSR count). The summed E-state index contributed by atoms with van der Waals surface area (Å²) in [4.78, 5) is 15.9. The van der Waals surface area contributed by atoms with Crippen LogP contribution in [0.4, 0.5) is 0 Å². The SMILES string of the molecule is CC(C)C(C=O)NOCc1ccccc1. The monoisotopic (exact) mass is 207 g/mol. The third-order valence-corrected chi connectivity index (χ3v) is 2.17. The Balaban J connectivity index is 2.30. The standard InChI is InChI=1S/C12H17NO2/c1-10(2)12(8-14)13-15-9-11-6-4-3-5-7-11/h3-8,10,12-13H,9H2,1-2H3. The maximum atomic E-state index is 10.6. The van der Waals surface area contributed by atoms with Gasteiger partial charge in [-0.2, -0.15) is 5.48 Å². The Morgan fingerprint density at radius 2 is 2.00 bits per heavy atom. The van der Waals surface area contributed by atoms with E-state index in [0.29, 0.717) is 6.61 Å². The number of carbonyl (C=O) groups is 1. The van der Waals surface area contributed by atoms with Crippen LogP contribution in [0.15, 0.2) is 30.3 Å². The minimum Gasteiger partial charge on any atom is -0.302 e. The maximum absolute atomic E-state index is 10.6. The van der Waals surface area contributed by atoms with Gasteiger partial charge in [0, 0.05) is 0 Å². The second kappa shape index (κ2) is 6.32. The first-order chi connectivity index (χ1) is 7.24. The lowest BCUT2D eigenvalue weighted by atomic mass is 10.1. The molecule has 82 valence electrons. The molecule has 0 bridgehead atoms. The van der Waals surface area contributed by atoms with E-state index in [1.54, 1.807) is 0 Å². The van der Waals surface area contributed by atoms with E-state index in [-0.39, 0.29) is 12.0 Å². The van der Waals surface area contributed by atoms with Gasteiger partial charge in [-0.25, -0.2) is 0 Å². The van der Waals surface area contributed by atoms with E-state index in [1.165, 1.54) is 0 Å². The average molecular weight is 207 g/mol. The van der Waals surface area contributed by atoms with Crippen molar-refractivity contribution in [3.63, 3.8) is 0 Å². The summed E-state index contributed by atoms with van der Waals surface area (Å²) >= 11 is 0. The van der Waals surface area contributed by atoms with Crippen molar-refractivity contribution in [1.29, 1.82) is 0 Å². The first-order valence-electron chi connectivity index (χ1n) is 5.10. The molecule has 0 radical (unpaired) electrons. The van der Waals surface area contributed by atoms with Crippen LogP contribution in [0.1, 0.15) is 19.4 Å². The number of aldehydes is 1. The van der Waals surface area contributed by atoms with Gasteiger partial charge in [0.25, 0.3) is 0 Å². The summed E-state index contributed by atoms with van der Waals surface area (Å²) in [5.41, 5.74) is 3.83. The van der Waals surface area contributed by atoms with Crippen LogP contribution in [0, 0.1) is 5.92 Å². The zero-order valence-electron chi connectivity index (χ0n) is 9.14. The molecule has 0 saturated carbocycles. The molecule has 1 atom stereocenters. The summed E-state index contributed by atoms with van der Waals surface area (Å²) in [5.74, 6) is 0.235. The van der Waals surface area contributed by atoms with Crippen molar-refractivity contribution >= 4 is 6.29 Å². The first-order valence-corrected chi connectivity index (χ1v) is 5.10. The Labute approximate surface area is 90.4 Å². The Bertz CT molecular complexity index is 285. The van der Waals surface area contributed by atoms with E-state index in [2.05, 4.69) is 5.48 Å². The molecule has 0 aromatic heterocycles. The number of rotatable bonds is 6. The predicted octanol–water partition coefficient (Wildman–Crippen LogP) is 1.93. The minimum absolute atomic E-state index is 0.235. The summed E-state index contributed by atoms with van der Waals surface area (Å²) < 4.78 is 0. The van der Waals surface area contributed by atoms with Crippen LogP contribution in [-0.4, -0.2) is 12.3 Å². The summed E-state index contributed by atoms with van der Waals surface area (Å²) in [7, 11) is 0. The molecule has 1 aromatic rings. The van der Waals surface area contributed by atoms with Crippen molar-refractivity contribution < 1.29 is 9.63 Å². The molecule has 0 heterocycles. The highest BCUT2D eigenvalue weighted by molar-refractivity contribution is 5.57. The van der Waals surface area contributed by atoms with Crippen LogP contribution in [-0.2, 0) is 16.2 Å². The molecular formula is C12H17NO2. The molecule has 0 fully saturated rings. The Kier molecular flexibility index (Phi) is 5.01. The van der Waals surface area contributed by atoms with Crippen LogP contribution in [0.25, 0.3) is 0 Å². The Morgan fingerprint density at radius 1 is 1.33 bits per heavy atom. The van der Waals surface area contributed by atoms with E-state index in [1.807, 2.05) is 44.2 Å². The van der Waals surface area contributed by atoms with Gasteiger partial charge in [0.1, 0.15) is 6.29 Å². The van der Waals surface area contributed by atoms with Gasteiger partial charge in [0.15, 0.2) is 0 Å². The van der Waals surface area contributed by atoms with Gasteiger partial charge in [-0.3, -0.25) is 4.84 Å². The zero-order chi connectivity index (χ0) is 11.1. The van der Waals surface area contributed by atoms with Crippen molar-refractivity contribution in [1.82, 2.24) is 5.48 Å². The van der Waals surface area contributed by atoms with Crippen LogP contribution in [0.5, 0.6) is 0 Å². The molecule has 0 amide bonds. The molecule has 1 unspecified atom stereocenters. The maximum Gasteiger partial charge on any atom is 0.139 e. The second-order valence-electron chi connectivity index (χ2n) is 3.80. The summed E-state index contributed by atoms with van der Waals surface area (Å²) in [6.45, 7) is 4.41. The number of hydroxylamine groups is 1. The number of carbonyl (C=O) groups excluding carboxylic acids is 1. The molecule has 0 spiro atoms. The Morgan fingerprint density at radius 3 is 2.53 bits per heavy atom. The van der Waals surface area contributed by atoms with Gasteiger partial charge in [-0.15, -0.1) is 0 Å². The molecule has 3 nitrogen and oxygen atoms in total. The van der Waals surface area contributed by atoms with Crippen molar-refractivity contribution in [3.8, 4) is 0 Å². The molecule has 1 aromatic carbocycles. The summed E-state index contributed by atoms with van der Waals surface area (Å²) in [5, 5.41) is 0. The minimum atomic E-state index is -0.242. The first kappa shape index (κ1) is 11.9. The highest BCUT2D eigenvalue weighted by atomic mass is 16.6. The number of benzene rings is 1. The Hall–Kier alpha value is -1.19. The van der Waals surface area contributed by atoms with Crippen molar-refractivity contribution in [2.75, 3.05) is 0 Å². The summed E-state index contributed by atoms with van der Waals surface area (Å²) in [6, 6.07) is 9.59. The number of hydrogen-bond donors (Lipinski definition) is 1. The molecule has 15 heavy (non-hydrogen) atoms. The number of nitrogens with one attached hydrogen (secondary N) is 1. The molecular weight excluding hydrogens is 190 g/mol. The van der Waals surface area contributed by atoms with Crippen molar-refractivity contribution in [2.24, 2.45) is 5.92 Å². The topological polar surface area (TPSA) is 38.3 Å². The molecule has 3 heteroatoms.